The molecule has 2 amide bonds. The van der Waals surface area contributed by atoms with Crippen LogP contribution >= 0.6 is 0 Å². The summed E-state index contributed by atoms with van der Waals surface area (Å²) in [5.41, 5.74) is 0. The molecule has 1 aliphatic heterocycles. The van der Waals surface area contributed by atoms with Crippen LogP contribution in [0.2, 0.25) is 0 Å². The van der Waals surface area contributed by atoms with Crippen molar-refractivity contribution < 1.29 is 19.1 Å². The van der Waals surface area contributed by atoms with E-state index in [0.29, 0.717) is 0 Å². The first kappa shape index (κ1) is 9.85. The highest BCUT2D eigenvalue weighted by atomic mass is 16.5. The lowest BCUT2D eigenvalue weighted by Gasteiger charge is -2.25. The second-order valence-corrected chi connectivity index (χ2v) is 3.00. The molecule has 72 valence electrons. The largest absolute Gasteiger partial charge is 0.362 e. The van der Waals surface area contributed by atoms with Crippen molar-refractivity contribution >= 4 is 18.1 Å². The molecule has 0 N–H and O–H groups in total. The zero-order valence-corrected chi connectivity index (χ0v) is 7.36. The Kier molecular flexibility index (Phi) is 3.13. The summed E-state index contributed by atoms with van der Waals surface area (Å²) in [5.74, 6) is -1.05. The summed E-state index contributed by atoms with van der Waals surface area (Å²) < 4.78 is 4.71. The van der Waals surface area contributed by atoms with E-state index in [1.54, 1.807) is 6.92 Å². The van der Waals surface area contributed by atoms with Gasteiger partial charge in [-0.3, -0.25) is 14.5 Å². The maximum atomic E-state index is 11.1. The van der Waals surface area contributed by atoms with E-state index in [2.05, 4.69) is 0 Å². The van der Waals surface area contributed by atoms with Crippen LogP contribution in [0.25, 0.3) is 0 Å². The molecular weight excluding hydrogens is 174 g/mol. The third-order valence-electron chi connectivity index (χ3n) is 1.76. The van der Waals surface area contributed by atoms with E-state index in [9.17, 15) is 14.4 Å². The third-order valence-corrected chi connectivity index (χ3v) is 1.76. The molecule has 13 heavy (non-hydrogen) atoms. The molecule has 1 rings (SSSR count). The number of carbonyl (C=O) groups is 3. The van der Waals surface area contributed by atoms with Crippen LogP contribution in [0, 0.1) is 5.92 Å². The van der Waals surface area contributed by atoms with Gasteiger partial charge in [0.1, 0.15) is 19.5 Å². The van der Waals surface area contributed by atoms with E-state index >= 15 is 0 Å². The lowest BCUT2D eigenvalue weighted by molar-refractivity contribution is -0.159. The molecule has 1 atom stereocenters. The van der Waals surface area contributed by atoms with Gasteiger partial charge in [0.25, 0.3) is 11.8 Å². The highest BCUT2D eigenvalue weighted by molar-refractivity contribution is 5.98. The molecule has 5 heteroatoms. The molecule has 0 bridgehead atoms. The van der Waals surface area contributed by atoms with Gasteiger partial charge in [-0.25, -0.2) is 0 Å². The van der Waals surface area contributed by atoms with E-state index in [1.807, 2.05) is 0 Å². The Labute approximate surface area is 75.6 Å². The normalized spacial score (nSPS) is 20.2. The Morgan fingerprint density at radius 1 is 1.46 bits per heavy atom. The zero-order chi connectivity index (χ0) is 9.84. The lowest BCUT2D eigenvalue weighted by atomic mass is 10.2. The Hall–Kier alpha value is -1.23. The van der Waals surface area contributed by atoms with E-state index in [-0.39, 0.29) is 37.5 Å². The number of morpholine rings is 1. The Morgan fingerprint density at radius 3 is 2.46 bits per heavy atom. The summed E-state index contributed by atoms with van der Waals surface area (Å²) >= 11 is 0. The van der Waals surface area contributed by atoms with Crippen molar-refractivity contribution in [2.45, 2.75) is 6.92 Å². The van der Waals surface area contributed by atoms with Gasteiger partial charge in [-0.05, 0) is 0 Å². The molecule has 1 fully saturated rings. The summed E-state index contributed by atoms with van der Waals surface area (Å²) in [4.78, 5) is 33.6. The van der Waals surface area contributed by atoms with Crippen molar-refractivity contribution in [2.75, 3.05) is 19.8 Å². The monoisotopic (exact) mass is 185 g/mol. The van der Waals surface area contributed by atoms with E-state index < -0.39 is 0 Å². The van der Waals surface area contributed by atoms with Crippen molar-refractivity contribution in [1.29, 1.82) is 0 Å². The molecule has 0 aromatic carbocycles. The quantitative estimate of drug-likeness (QED) is 0.427. The van der Waals surface area contributed by atoms with Gasteiger partial charge < -0.3 is 9.53 Å². The SMILES string of the molecule is CC(C=O)CN1C(=O)COCC1=O. The number of rotatable bonds is 3. The maximum Gasteiger partial charge on any atom is 0.255 e. The van der Waals surface area contributed by atoms with Crippen LogP contribution in [0.1, 0.15) is 6.92 Å². The van der Waals surface area contributed by atoms with Crippen LogP contribution in [0.4, 0.5) is 0 Å². The molecular formula is C8H11NO4. The lowest BCUT2D eigenvalue weighted by Crippen LogP contribution is -2.48. The van der Waals surface area contributed by atoms with Gasteiger partial charge in [0, 0.05) is 12.5 Å². The van der Waals surface area contributed by atoms with Crippen molar-refractivity contribution in [3.63, 3.8) is 0 Å². The van der Waals surface area contributed by atoms with E-state index in [0.717, 1.165) is 11.2 Å². The minimum absolute atomic E-state index is 0.0721. The first-order chi connectivity index (χ1) is 6.15. The van der Waals surface area contributed by atoms with Crippen molar-refractivity contribution in [3.05, 3.63) is 0 Å². The van der Waals surface area contributed by atoms with Crippen LogP contribution in [0.5, 0.6) is 0 Å². The number of amides is 2. The van der Waals surface area contributed by atoms with Gasteiger partial charge in [0.05, 0.1) is 0 Å². The maximum absolute atomic E-state index is 11.1. The molecule has 0 radical (unpaired) electrons. The second kappa shape index (κ2) is 4.13. The van der Waals surface area contributed by atoms with Crippen LogP contribution < -0.4 is 0 Å². The van der Waals surface area contributed by atoms with Gasteiger partial charge in [0.15, 0.2) is 0 Å². The highest BCUT2D eigenvalue weighted by Gasteiger charge is 2.27. The van der Waals surface area contributed by atoms with Crippen LogP contribution in [-0.4, -0.2) is 42.8 Å². The van der Waals surface area contributed by atoms with E-state index in [1.165, 1.54) is 0 Å². The minimum atomic E-state index is -0.370. The molecule has 1 unspecified atom stereocenters. The van der Waals surface area contributed by atoms with Crippen molar-refractivity contribution in [1.82, 2.24) is 4.90 Å². The van der Waals surface area contributed by atoms with Gasteiger partial charge in [-0.1, -0.05) is 6.92 Å². The molecule has 0 spiro atoms. The van der Waals surface area contributed by atoms with Gasteiger partial charge in [0.2, 0.25) is 0 Å². The number of nitrogens with zero attached hydrogens (tertiary/aromatic N) is 1. The fourth-order valence-corrected chi connectivity index (χ4v) is 1.06. The summed E-state index contributed by atoms with van der Waals surface area (Å²) in [7, 11) is 0. The van der Waals surface area contributed by atoms with Gasteiger partial charge in [-0.15, -0.1) is 0 Å². The molecule has 0 aromatic heterocycles. The number of aldehydes is 1. The van der Waals surface area contributed by atoms with Crippen LogP contribution in [0.3, 0.4) is 0 Å². The van der Waals surface area contributed by atoms with Crippen molar-refractivity contribution in [2.24, 2.45) is 5.92 Å². The standard InChI is InChI=1S/C8H11NO4/c1-6(3-10)2-9-7(11)4-13-5-8(9)12/h3,6H,2,4-5H2,1H3. The predicted octanol–water partition coefficient (Wildman–Crippen LogP) is -0.793. The fourth-order valence-electron chi connectivity index (χ4n) is 1.06. The fraction of sp³-hybridized carbons (Fsp3) is 0.625. The molecule has 1 heterocycles. The summed E-state index contributed by atoms with van der Waals surface area (Å²) in [5, 5.41) is 0. The average Bonchev–Trinajstić information content (AvgIpc) is 2.11. The zero-order valence-electron chi connectivity index (χ0n) is 7.36. The number of hydrogen-bond donors (Lipinski definition) is 0. The summed E-state index contributed by atoms with van der Waals surface area (Å²) in [6, 6.07) is 0. The number of ether oxygens (including phenoxy) is 1. The molecule has 1 saturated heterocycles. The Bertz CT molecular complexity index is 222. The minimum Gasteiger partial charge on any atom is -0.362 e. The van der Waals surface area contributed by atoms with Crippen LogP contribution in [0.15, 0.2) is 0 Å². The highest BCUT2D eigenvalue weighted by Crippen LogP contribution is 2.04. The number of carbonyl (C=O) groups excluding carboxylic acids is 3. The van der Waals surface area contributed by atoms with E-state index in [4.69, 9.17) is 4.74 Å². The van der Waals surface area contributed by atoms with Crippen molar-refractivity contribution in [3.8, 4) is 0 Å². The van der Waals surface area contributed by atoms with Gasteiger partial charge >= 0.3 is 0 Å². The predicted molar refractivity (Wildman–Crippen MR) is 42.8 cm³/mol. The summed E-state index contributed by atoms with van der Waals surface area (Å²) in [6.45, 7) is 1.67. The average molecular weight is 185 g/mol. The molecule has 0 aromatic rings. The molecule has 1 aliphatic rings. The first-order valence-electron chi connectivity index (χ1n) is 4.01. The smallest absolute Gasteiger partial charge is 0.255 e. The molecule has 0 aliphatic carbocycles. The topological polar surface area (TPSA) is 63.7 Å². The van der Waals surface area contributed by atoms with Gasteiger partial charge in [-0.2, -0.15) is 0 Å². The summed E-state index contributed by atoms with van der Waals surface area (Å²) in [6.07, 6.45) is 0.718. The first-order valence-corrected chi connectivity index (χ1v) is 4.01. The second-order valence-electron chi connectivity index (χ2n) is 3.00. The number of imide groups is 1. The molecule has 5 nitrogen and oxygen atoms in total. The number of hydrogen-bond acceptors (Lipinski definition) is 4. The Morgan fingerprint density at radius 2 is 2.00 bits per heavy atom. The molecule has 0 saturated carbocycles. The third kappa shape index (κ3) is 2.35. The Balaban J connectivity index is 2.58. The van der Waals surface area contributed by atoms with Crippen LogP contribution in [-0.2, 0) is 19.1 Å².